The maximum absolute atomic E-state index is 6.11. The van der Waals surface area contributed by atoms with Crippen molar-refractivity contribution in [3.8, 4) is 0 Å². The molecule has 1 aliphatic rings. The van der Waals surface area contributed by atoms with E-state index >= 15 is 0 Å². The summed E-state index contributed by atoms with van der Waals surface area (Å²) in [6.07, 6.45) is -0.337. The molecule has 0 radical (unpaired) electrons. The largest absolute Gasteiger partial charge is 0.423 e. The summed E-state index contributed by atoms with van der Waals surface area (Å²) >= 11 is 20.9. The number of nitrogens with zero attached hydrogens (tertiary/aromatic N) is 3. The molecule has 12 heavy (non-hydrogen) atoms. The average molecular weight is 268 g/mol. The van der Waals surface area contributed by atoms with Gasteiger partial charge in [0.2, 0.25) is 0 Å². The normalized spacial score (nSPS) is 23.8. The van der Waals surface area contributed by atoms with E-state index in [-0.39, 0.29) is 19.2 Å². The molecule has 0 aromatic carbocycles. The van der Waals surface area contributed by atoms with E-state index < -0.39 is 0 Å². The van der Waals surface area contributed by atoms with Crippen LogP contribution >= 0.6 is 34.4 Å². The van der Waals surface area contributed by atoms with E-state index in [0.29, 0.717) is 0 Å². The molecule has 1 aliphatic heterocycles. The van der Waals surface area contributed by atoms with Gasteiger partial charge in [0.1, 0.15) is 0 Å². The van der Waals surface area contributed by atoms with E-state index in [1.54, 1.807) is 0 Å². The van der Waals surface area contributed by atoms with Crippen LogP contribution in [0.2, 0.25) is 0 Å². The lowest BCUT2D eigenvalue weighted by molar-refractivity contribution is 0.798. The number of halogens is 3. The molecule has 0 spiro atoms. The van der Waals surface area contributed by atoms with Gasteiger partial charge in [0.15, 0.2) is 0 Å². The van der Waals surface area contributed by atoms with Crippen LogP contribution in [0, 0.1) is 0 Å². The Morgan fingerprint density at radius 2 is 0.833 bits per heavy atom. The smallest absolute Gasteiger partial charge is 0.358 e. The van der Waals surface area contributed by atoms with E-state index in [9.17, 15) is 0 Å². The summed E-state index contributed by atoms with van der Waals surface area (Å²) in [4.78, 5) is 0. The molecule has 60 valence electrons. The average Bonchev–Trinajstić information content (AvgIpc) is 2.08. The summed E-state index contributed by atoms with van der Waals surface area (Å²) in [5, 5.41) is 0. The van der Waals surface area contributed by atoms with Gasteiger partial charge in [-0.2, -0.15) is 34.4 Å². The van der Waals surface area contributed by atoms with Gasteiger partial charge in [-0.1, -0.05) is 0 Å². The zero-order valence-corrected chi connectivity index (χ0v) is 15.5. The van der Waals surface area contributed by atoms with Gasteiger partial charge in [-0.25, -0.2) is 0 Å². The number of hydrogen-bond donors (Lipinski definition) is 0. The highest BCUT2D eigenvalue weighted by molar-refractivity contribution is 7.29. The molecule has 0 bridgehead atoms. The van der Waals surface area contributed by atoms with E-state index in [1.807, 2.05) is 11.1 Å². The van der Waals surface area contributed by atoms with Crippen LogP contribution in [0.4, 0.5) is 0 Å². The van der Waals surface area contributed by atoms with Crippen molar-refractivity contribution in [2.75, 3.05) is 0 Å². The lowest BCUT2D eigenvalue weighted by atomic mass is 9.81. The molecule has 0 atom stereocenters. The predicted octanol–water partition coefficient (Wildman–Crippen LogP) is -2.78. The molecule has 0 unspecified atom stereocenters. The van der Waals surface area contributed by atoms with Crippen LogP contribution in [0.3, 0.4) is 0 Å². The summed E-state index contributed by atoms with van der Waals surface area (Å²) < 4.78 is 6.09. The van der Waals surface area contributed by atoms with Crippen molar-refractivity contribution in [2.24, 2.45) is 0 Å². The van der Waals surface area contributed by atoms with Gasteiger partial charge in [-0.3, -0.25) is 0 Å². The summed E-state index contributed by atoms with van der Waals surface area (Å²) in [6, 6.07) is 0. The van der Waals surface area contributed by atoms with Gasteiger partial charge < -0.3 is 11.1 Å². The van der Waals surface area contributed by atoms with E-state index in [4.69, 9.17) is 34.4 Å². The van der Waals surface area contributed by atoms with Gasteiger partial charge in [0, 0.05) is 0 Å². The van der Waals surface area contributed by atoms with E-state index in [1.165, 1.54) is 0 Å². The Morgan fingerprint density at radius 1 is 0.667 bits per heavy atom. The lowest BCUT2D eigenvalue weighted by Gasteiger charge is -2.46. The van der Waals surface area contributed by atoms with Crippen LogP contribution in [0.15, 0.2) is 0 Å². The molecule has 1 saturated heterocycles. The van der Waals surface area contributed by atoms with E-state index in [2.05, 4.69) is 0 Å². The Hall–Kier alpha value is 2.54. The van der Waals surface area contributed by atoms with Crippen LogP contribution in [0.5, 0.6) is 0 Å². The topological polar surface area (TPSA) is 9.72 Å². The molecule has 1 fully saturated rings. The van der Waals surface area contributed by atoms with Crippen LogP contribution < -0.4 is 0 Å². The fraction of sp³-hybridized carbons (Fsp3) is 0. The molecule has 12 heteroatoms. The Bertz CT molecular complexity index is 116. The number of hydrogen-bond acceptors (Lipinski definition) is 3. The van der Waals surface area contributed by atoms with Gasteiger partial charge >= 0.3 is 68.7 Å². The first-order chi connectivity index (χ1) is 5.46. The third-order valence-electron chi connectivity index (χ3n) is 2.02. The SMILES string of the molecule is [AlH2][N]1B(Cl)[N]([AlH2])B(Cl)[N]([AlH2])B1Cl. The minimum atomic E-state index is -0.112. The fourth-order valence-electron chi connectivity index (χ4n) is 1.17. The first-order valence-electron chi connectivity index (χ1n) is 3.55. The standard InChI is InChI=1S/3Al.B3Cl3N3.6H/c;;;4-1-7-2(5)9-3(6)8-1;;;;;;/q3*+1;-3;;;;;;. The predicted molar refractivity (Wildman–Crippen MR) is 66.0 cm³/mol. The molecule has 3 nitrogen and oxygen atoms in total. The molecular formula is H6Al3B3Cl3N3. The fourth-order valence-corrected chi connectivity index (χ4v) is 5.55. The summed E-state index contributed by atoms with van der Waals surface area (Å²) in [5.41, 5.74) is 0. The Labute approximate surface area is 113 Å². The Kier molecular flexibility index (Phi) is 5.31. The van der Waals surface area contributed by atoms with Crippen molar-refractivity contribution in [2.45, 2.75) is 0 Å². The van der Waals surface area contributed by atoms with Crippen molar-refractivity contribution in [3.63, 3.8) is 0 Å². The molecule has 0 aromatic rings. The zero-order valence-electron chi connectivity index (χ0n) is 7.21. The van der Waals surface area contributed by atoms with Crippen molar-refractivity contribution < 1.29 is 0 Å². The molecule has 1 heterocycles. The third kappa shape index (κ3) is 2.37. The summed E-state index contributed by atoms with van der Waals surface area (Å²) in [5.74, 6) is 0. The highest BCUT2D eigenvalue weighted by Gasteiger charge is 2.43. The van der Waals surface area contributed by atoms with Crippen molar-refractivity contribution in [1.29, 1.82) is 0 Å². The van der Waals surface area contributed by atoms with Gasteiger partial charge in [-0.05, 0) is 0 Å². The van der Waals surface area contributed by atoms with Crippen LogP contribution in [-0.2, 0) is 0 Å². The van der Waals surface area contributed by atoms with Crippen LogP contribution in [-0.4, -0.2) is 79.8 Å². The second-order valence-corrected chi connectivity index (χ2v) is 7.20. The minimum Gasteiger partial charge on any atom is -0.423 e. The highest BCUT2D eigenvalue weighted by atomic mass is 35.5. The zero-order chi connectivity index (χ0) is 9.46. The monoisotopic (exact) mass is 267 g/mol. The van der Waals surface area contributed by atoms with Crippen LogP contribution in [0.1, 0.15) is 0 Å². The van der Waals surface area contributed by atoms with Gasteiger partial charge in [0.25, 0.3) is 0 Å². The molecule has 0 N–H and O–H groups in total. The van der Waals surface area contributed by atoms with Crippen molar-refractivity contribution in [3.05, 3.63) is 0 Å². The van der Waals surface area contributed by atoms with Crippen LogP contribution in [0.25, 0.3) is 0 Å². The molecule has 0 aliphatic carbocycles. The highest BCUT2D eigenvalue weighted by Crippen LogP contribution is 2.19. The number of rotatable bonds is 0. The molecule has 1 rings (SSSR count). The molecule has 0 aromatic heterocycles. The minimum absolute atomic E-state index is 0.112. The summed E-state index contributed by atoms with van der Waals surface area (Å²) in [7, 11) is 0. The Balaban J connectivity index is 2.76. The second-order valence-electron chi connectivity index (χ2n) is 2.93. The lowest BCUT2D eigenvalue weighted by Crippen LogP contribution is -2.71. The quantitative estimate of drug-likeness (QED) is 0.440. The van der Waals surface area contributed by atoms with Crippen molar-refractivity contribution >= 4 is 103 Å². The van der Waals surface area contributed by atoms with E-state index in [0.717, 1.165) is 49.5 Å². The van der Waals surface area contributed by atoms with Gasteiger partial charge in [-0.15, -0.1) is 0 Å². The molecule has 0 saturated carbocycles. The molecular weight excluding hydrogens is 262 g/mol. The maximum atomic E-state index is 6.11. The maximum Gasteiger partial charge on any atom is 0.358 e. The van der Waals surface area contributed by atoms with Gasteiger partial charge in [0.05, 0.1) is 0 Å². The second kappa shape index (κ2) is 5.05. The first-order valence-corrected chi connectivity index (χ1v) is 7.54. The molecule has 0 amide bonds. The third-order valence-corrected chi connectivity index (χ3v) is 8.76. The Morgan fingerprint density at radius 3 is 1.00 bits per heavy atom. The summed E-state index contributed by atoms with van der Waals surface area (Å²) in [6.45, 7) is 0. The van der Waals surface area contributed by atoms with Crippen molar-refractivity contribution in [1.82, 2.24) is 11.1 Å². The first kappa shape index (κ1) is 12.6.